The van der Waals surface area contributed by atoms with Crippen LogP contribution in [0.25, 0.3) is 10.8 Å². The standard InChI is InChI=1S/C18H25N3O3S/c1-2-3-8-15-13-19-10-6-11-21(15)25(23,24)17-12-14-7-4-5-9-16(14)18(22)20-17/h4-5,7,9,12,15,19H,2-3,6,8,10-11,13H2,1H3,(H,20,22). The lowest BCUT2D eigenvalue weighted by Crippen LogP contribution is -2.44. The Morgan fingerprint density at radius 1 is 1.28 bits per heavy atom. The number of aromatic nitrogens is 1. The summed E-state index contributed by atoms with van der Waals surface area (Å²) in [5, 5.41) is 4.45. The molecule has 0 aliphatic carbocycles. The van der Waals surface area contributed by atoms with Gasteiger partial charge >= 0.3 is 0 Å². The maximum atomic E-state index is 13.2. The van der Waals surface area contributed by atoms with Crippen molar-refractivity contribution >= 4 is 20.8 Å². The number of fused-ring (bicyclic) bond motifs is 1. The third-order valence-corrected chi connectivity index (χ3v) is 6.60. The molecule has 136 valence electrons. The first kappa shape index (κ1) is 18.1. The number of unbranched alkanes of at least 4 members (excludes halogenated alkanes) is 1. The number of nitrogens with one attached hydrogen (secondary N) is 2. The summed E-state index contributed by atoms with van der Waals surface area (Å²) in [5.41, 5.74) is -0.366. The zero-order valence-corrected chi connectivity index (χ0v) is 15.3. The summed E-state index contributed by atoms with van der Waals surface area (Å²) < 4.78 is 28.0. The van der Waals surface area contributed by atoms with Crippen molar-refractivity contribution in [3.8, 4) is 0 Å². The minimum Gasteiger partial charge on any atom is -0.315 e. The Morgan fingerprint density at radius 3 is 2.88 bits per heavy atom. The quantitative estimate of drug-likeness (QED) is 0.852. The van der Waals surface area contributed by atoms with Crippen LogP contribution in [-0.2, 0) is 10.0 Å². The Labute approximate surface area is 148 Å². The molecule has 0 bridgehead atoms. The minimum atomic E-state index is -3.74. The van der Waals surface area contributed by atoms with E-state index >= 15 is 0 Å². The summed E-state index contributed by atoms with van der Waals surface area (Å²) in [6, 6.07) is 8.53. The van der Waals surface area contributed by atoms with Crippen LogP contribution >= 0.6 is 0 Å². The van der Waals surface area contributed by atoms with Crippen molar-refractivity contribution in [2.75, 3.05) is 19.6 Å². The van der Waals surface area contributed by atoms with Gasteiger partial charge in [0.1, 0.15) is 0 Å². The molecule has 2 heterocycles. The Bertz CT molecular complexity index is 892. The van der Waals surface area contributed by atoms with E-state index in [-0.39, 0.29) is 16.6 Å². The van der Waals surface area contributed by atoms with Crippen molar-refractivity contribution in [3.05, 3.63) is 40.7 Å². The molecule has 1 unspecified atom stereocenters. The fourth-order valence-electron chi connectivity index (χ4n) is 3.37. The first-order valence-electron chi connectivity index (χ1n) is 8.88. The Morgan fingerprint density at radius 2 is 2.08 bits per heavy atom. The summed E-state index contributed by atoms with van der Waals surface area (Å²) in [7, 11) is -3.74. The molecule has 25 heavy (non-hydrogen) atoms. The first-order valence-corrected chi connectivity index (χ1v) is 10.3. The van der Waals surface area contributed by atoms with Gasteiger partial charge in [-0.15, -0.1) is 0 Å². The van der Waals surface area contributed by atoms with Crippen molar-refractivity contribution in [2.24, 2.45) is 0 Å². The van der Waals surface area contributed by atoms with Gasteiger partial charge in [-0.25, -0.2) is 8.42 Å². The molecular weight excluding hydrogens is 338 g/mol. The van der Waals surface area contributed by atoms with E-state index in [0.29, 0.717) is 23.9 Å². The van der Waals surface area contributed by atoms with Crippen molar-refractivity contribution in [3.63, 3.8) is 0 Å². The summed E-state index contributed by atoms with van der Waals surface area (Å²) in [4.78, 5) is 14.9. The average molecular weight is 363 g/mol. The van der Waals surface area contributed by atoms with Gasteiger partial charge in [0.25, 0.3) is 15.6 Å². The van der Waals surface area contributed by atoms with Gasteiger partial charge in [-0.05, 0) is 36.9 Å². The molecule has 1 aromatic heterocycles. The third-order valence-electron chi connectivity index (χ3n) is 4.73. The molecule has 7 heteroatoms. The molecule has 0 saturated carbocycles. The van der Waals surface area contributed by atoms with Gasteiger partial charge in [0.15, 0.2) is 5.03 Å². The molecule has 0 amide bonds. The van der Waals surface area contributed by atoms with Crippen molar-refractivity contribution < 1.29 is 8.42 Å². The molecule has 1 aliphatic rings. The molecule has 2 aromatic rings. The van der Waals surface area contributed by atoms with E-state index in [1.165, 1.54) is 0 Å². The molecule has 1 atom stereocenters. The van der Waals surface area contributed by atoms with Crippen LogP contribution in [0, 0.1) is 0 Å². The lowest BCUT2D eigenvalue weighted by Gasteiger charge is -2.28. The first-order chi connectivity index (χ1) is 12.0. The SMILES string of the molecule is CCCCC1CNCCCN1S(=O)(=O)c1cc2ccccc2c(=O)[nH]1. The number of nitrogens with zero attached hydrogens (tertiary/aromatic N) is 1. The molecule has 1 saturated heterocycles. The maximum Gasteiger partial charge on any atom is 0.258 e. The van der Waals surface area contributed by atoms with E-state index in [1.54, 1.807) is 34.6 Å². The fourth-order valence-corrected chi connectivity index (χ4v) is 5.06. The lowest BCUT2D eigenvalue weighted by atomic mass is 10.1. The molecule has 1 aliphatic heterocycles. The fraction of sp³-hybridized carbons (Fsp3) is 0.500. The van der Waals surface area contributed by atoms with E-state index in [0.717, 1.165) is 32.2 Å². The number of sulfonamides is 1. The van der Waals surface area contributed by atoms with E-state index in [9.17, 15) is 13.2 Å². The van der Waals surface area contributed by atoms with Crippen molar-refractivity contribution in [1.29, 1.82) is 0 Å². The predicted octanol–water partition coefficient (Wildman–Crippen LogP) is 2.07. The molecule has 6 nitrogen and oxygen atoms in total. The number of benzene rings is 1. The smallest absolute Gasteiger partial charge is 0.258 e. The predicted molar refractivity (Wildman–Crippen MR) is 99.3 cm³/mol. The average Bonchev–Trinajstić information content (AvgIpc) is 2.86. The number of pyridine rings is 1. The van der Waals surface area contributed by atoms with Crippen LogP contribution in [0.15, 0.2) is 40.2 Å². The van der Waals surface area contributed by atoms with Crippen LogP contribution in [-0.4, -0.2) is 43.4 Å². The highest BCUT2D eigenvalue weighted by Crippen LogP contribution is 2.22. The Hall–Kier alpha value is -1.70. The largest absolute Gasteiger partial charge is 0.315 e. The Balaban J connectivity index is 2.02. The summed E-state index contributed by atoms with van der Waals surface area (Å²) in [6.45, 7) is 4.03. The summed E-state index contributed by atoms with van der Waals surface area (Å²) >= 11 is 0. The molecular formula is C18H25N3O3S. The second-order valence-corrected chi connectivity index (χ2v) is 8.38. The van der Waals surface area contributed by atoms with E-state index < -0.39 is 10.0 Å². The summed E-state index contributed by atoms with van der Waals surface area (Å²) in [6.07, 6.45) is 3.59. The normalized spacial score (nSPS) is 19.8. The highest BCUT2D eigenvalue weighted by Gasteiger charge is 2.33. The van der Waals surface area contributed by atoms with Crippen molar-refractivity contribution in [1.82, 2.24) is 14.6 Å². The second kappa shape index (κ2) is 7.68. The van der Waals surface area contributed by atoms with Gasteiger partial charge in [-0.3, -0.25) is 4.79 Å². The maximum absolute atomic E-state index is 13.2. The third kappa shape index (κ3) is 3.78. The van der Waals surface area contributed by atoms with Crippen LogP contribution < -0.4 is 10.9 Å². The minimum absolute atomic E-state index is 0.0143. The number of hydrogen-bond acceptors (Lipinski definition) is 4. The van der Waals surface area contributed by atoms with Gasteiger partial charge in [0.05, 0.1) is 0 Å². The molecule has 0 spiro atoms. The van der Waals surface area contributed by atoms with Crippen LogP contribution in [0.1, 0.15) is 32.6 Å². The van der Waals surface area contributed by atoms with E-state index in [1.807, 2.05) is 0 Å². The number of aromatic amines is 1. The number of rotatable bonds is 5. The topological polar surface area (TPSA) is 82.3 Å². The van der Waals surface area contributed by atoms with Crippen LogP contribution in [0.4, 0.5) is 0 Å². The highest BCUT2D eigenvalue weighted by molar-refractivity contribution is 7.89. The zero-order chi connectivity index (χ0) is 17.9. The van der Waals surface area contributed by atoms with Crippen LogP contribution in [0.5, 0.6) is 0 Å². The number of H-pyrrole nitrogens is 1. The van der Waals surface area contributed by atoms with Gasteiger partial charge in [-0.2, -0.15) is 4.31 Å². The molecule has 3 rings (SSSR count). The van der Waals surface area contributed by atoms with Crippen molar-refractivity contribution in [2.45, 2.75) is 43.7 Å². The molecule has 0 radical (unpaired) electrons. The lowest BCUT2D eigenvalue weighted by molar-refractivity contribution is 0.312. The zero-order valence-electron chi connectivity index (χ0n) is 14.5. The molecule has 1 fully saturated rings. The Kier molecular flexibility index (Phi) is 5.56. The van der Waals surface area contributed by atoms with E-state index in [2.05, 4.69) is 17.2 Å². The van der Waals surface area contributed by atoms with Crippen LogP contribution in [0.3, 0.4) is 0 Å². The summed E-state index contributed by atoms with van der Waals surface area (Å²) in [5.74, 6) is 0. The van der Waals surface area contributed by atoms with Gasteiger partial charge in [0, 0.05) is 24.5 Å². The van der Waals surface area contributed by atoms with Crippen LogP contribution in [0.2, 0.25) is 0 Å². The second-order valence-electron chi connectivity index (χ2n) is 6.52. The van der Waals surface area contributed by atoms with E-state index in [4.69, 9.17) is 0 Å². The molecule has 2 N–H and O–H groups in total. The van der Waals surface area contributed by atoms with Gasteiger partial charge < -0.3 is 10.3 Å². The monoisotopic (exact) mass is 363 g/mol. The van der Waals surface area contributed by atoms with Gasteiger partial charge in [0.2, 0.25) is 0 Å². The highest BCUT2D eigenvalue weighted by atomic mass is 32.2. The number of hydrogen-bond donors (Lipinski definition) is 2. The van der Waals surface area contributed by atoms with Gasteiger partial charge in [-0.1, -0.05) is 38.0 Å². The molecule has 1 aromatic carbocycles.